The minimum Gasteiger partial charge on any atom is -0.198 e. The average Bonchev–Trinajstić information content (AvgIpc) is 2.83. The van der Waals surface area contributed by atoms with Crippen LogP contribution in [0.5, 0.6) is 0 Å². The lowest BCUT2D eigenvalue weighted by atomic mass is 10.1. The minimum absolute atomic E-state index is 0.263. The maximum Gasteiger partial charge on any atom is 0.0662 e. The Labute approximate surface area is 80.1 Å². The van der Waals surface area contributed by atoms with E-state index < -0.39 is 0 Å². The van der Waals surface area contributed by atoms with E-state index in [-0.39, 0.29) is 5.92 Å². The molecule has 1 aliphatic carbocycles. The summed E-state index contributed by atoms with van der Waals surface area (Å²) in [7, 11) is 0. The lowest BCUT2D eigenvalue weighted by Gasteiger charge is -1.97. The molecule has 0 saturated heterocycles. The number of rotatable bonds is 1. The lowest BCUT2D eigenvalue weighted by molar-refractivity contribution is 1.02. The van der Waals surface area contributed by atoms with E-state index in [0.717, 1.165) is 10.9 Å². The normalized spacial score (nSPS) is 26.3. The predicted molar refractivity (Wildman–Crippen MR) is 50.6 cm³/mol. The fraction of sp³-hybridized carbons (Fsp3) is 0.300. The highest BCUT2D eigenvalue weighted by Gasteiger charge is 2.38. The zero-order chi connectivity index (χ0) is 8.55. The molecule has 0 bridgehead atoms. The molecule has 12 heavy (non-hydrogen) atoms. The zero-order valence-electron chi connectivity index (χ0n) is 6.50. The van der Waals surface area contributed by atoms with E-state index in [1.807, 2.05) is 12.1 Å². The minimum atomic E-state index is 0.263. The van der Waals surface area contributed by atoms with Crippen molar-refractivity contribution < 1.29 is 0 Å². The fourth-order valence-corrected chi connectivity index (χ4v) is 1.86. The van der Waals surface area contributed by atoms with Gasteiger partial charge < -0.3 is 0 Å². The first-order chi connectivity index (χ1) is 5.81. The molecular weight excluding hydrogens is 214 g/mol. The molecule has 0 N–H and O–H groups in total. The maximum absolute atomic E-state index is 8.65. The van der Waals surface area contributed by atoms with Crippen molar-refractivity contribution in [3.8, 4) is 6.07 Å². The number of halogens is 1. The van der Waals surface area contributed by atoms with Crippen LogP contribution in [0.1, 0.15) is 17.9 Å². The first-order valence-corrected chi connectivity index (χ1v) is 4.75. The molecule has 0 spiro atoms. The molecule has 0 amide bonds. The summed E-state index contributed by atoms with van der Waals surface area (Å²) >= 11 is 3.42. The number of benzene rings is 1. The maximum atomic E-state index is 8.65. The predicted octanol–water partition coefficient (Wildman–Crippen LogP) is 3.08. The summed E-state index contributed by atoms with van der Waals surface area (Å²) in [5, 5.41) is 8.65. The van der Waals surface area contributed by atoms with E-state index in [9.17, 15) is 0 Å². The highest BCUT2D eigenvalue weighted by Crippen LogP contribution is 2.47. The molecule has 0 radical (unpaired) electrons. The van der Waals surface area contributed by atoms with Gasteiger partial charge in [-0.25, -0.2) is 0 Å². The standard InChI is InChI=1S/C10H8BrN/c11-9-3-1-2-7(4-9)10-5-8(10)6-12/h1-4,8,10H,5H2. The van der Waals surface area contributed by atoms with Crippen LogP contribution in [-0.4, -0.2) is 0 Å². The van der Waals surface area contributed by atoms with Gasteiger partial charge in [-0.3, -0.25) is 0 Å². The van der Waals surface area contributed by atoms with Gasteiger partial charge in [0.1, 0.15) is 0 Å². The Balaban J connectivity index is 2.21. The third kappa shape index (κ3) is 1.37. The number of nitrogens with zero attached hydrogens (tertiary/aromatic N) is 1. The number of nitriles is 1. The van der Waals surface area contributed by atoms with Gasteiger partial charge in [0, 0.05) is 10.4 Å². The highest BCUT2D eigenvalue weighted by atomic mass is 79.9. The number of hydrogen-bond donors (Lipinski definition) is 0. The van der Waals surface area contributed by atoms with Crippen molar-refractivity contribution in [2.45, 2.75) is 12.3 Å². The molecule has 1 aromatic carbocycles. The summed E-state index contributed by atoms with van der Waals surface area (Å²) in [6.07, 6.45) is 1.03. The van der Waals surface area contributed by atoms with E-state index in [1.165, 1.54) is 5.56 Å². The Morgan fingerprint density at radius 2 is 2.33 bits per heavy atom. The monoisotopic (exact) mass is 221 g/mol. The molecule has 1 nitrogen and oxygen atoms in total. The highest BCUT2D eigenvalue weighted by molar-refractivity contribution is 9.10. The van der Waals surface area contributed by atoms with Crippen LogP contribution in [0.3, 0.4) is 0 Å². The van der Waals surface area contributed by atoms with E-state index in [2.05, 4.69) is 34.1 Å². The van der Waals surface area contributed by atoms with Gasteiger partial charge >= 0.3 is 0 Å². The molecule has 60 valence electrons. The molecule has 0 aliphatic heterocycles. The molecule has 1 aliphatic rings. The fourth-order valence-electron chi connectivity index (χ4n) is 1.44. The van der Waals surface area contributed by atoms with Crippen LogP contribution in [0.25, 0.3) is 0 Å². The molecule has 2 unspecified atom stereocenters. The topological polar surface area (TPSA) is 23.8 Å². The molecule has 1 fully saturated rings. The summed E-state index contributed by atoms with van der Waals surface area (Å²) in [6.45, 7) is 0. The van der Waals surface area contributed by atoms with Gasteiger partial charge in [0.2, 0.25) is 0 Å². The van der Waals surface area contributed by atoms with Crippen LogP contribution >= 0.6 is 15.9 Å². The van der Waals surface area contributed by atoms with Crippen LogP contribution in [-0.2, 0) is 0 Å². The van der Waals surface area contributed by atoms with Gasteiger partial charge in [0.25, 0.3) is 0 Å². The zero-order valence-corrected chi connectivity index (χ0v) is 8.08. The Hall–Kier alpha value is -0.810. The Bertz CT molecular complexity index is 340. The first-order valence-electron chi connectivity index (χ1n) is 3.96. The van der Waals surface area contributed by atoms with Crippen molar-refractivity contribution in [1.29, 1.82) is 5.26 Å². The van der Waals surface area contributed by atoms with Crippen molar-refractivity contribution in [3.63, 3.8) is 0 Å². The smallest absolute Gasteiger partial charge is 0.0662 e. The van der Waals surface area contributed by atoms with Crippen molar-refractivity contribution in [2.75, 3.05) is 0 Å². The largest absolute Gasteiger partial charge is 0.198 e. The summed E-state index contributed by atoms with van der Waals surface area (Å²) in [4.78, 5) is 0. The summed E-state index contributed by atoms with van der Waals surface area (Å²) in [6, 6.07) is 10.5. The second-order valence-electron chi connectivity index (χ2n) is 3.13. The second kappa shape index (κ2) is 2.91. The van der Waals surface area contributed by atoms with Crippen molar-refractivity contribution in [2.24, 2.45) is 5.92 Å². The first kappa shape index (κ1) is 7.82. The lowest BCUT2D eigenvalue weighted by Crippen LogP contribution is -1.80. The SMILES string of the molecule is N#CC1CC1c1cccc(Br)c1. The van der Waals surface area contributed by atoms with E-state index in [4.69, 9.17) is 5.26 Å². The molecule has 2 heteroatoms. The average molecular weight is 222 g/mol. The van der Waals surface area contributed by atoms with Gasteiger partial charge in [0.05, 0.1) is 12.0 Å². The third-order valence-electron chi connectivity index (χ3n) is 2.23. The molecular formula is C10H8BrN. The van der Waals surface area contributed by atoms with Crippen molar-refractivity contribution in [3.05, 3.63) is 34.3 Å². The molecule has 1 saturated carbocycles. The van der Waals surface area contributed by atoms with E-state index in [1.54, 1.807) is 0 Å². The molecule has 2 atom stereocenters. The van der Waals surface area contributed by atoms with Gasteiger partial charge in [-0.1, -0.05) is 28.1 Å². The summed E-state index contributed by atoms with van der Waals surface area (Å²) in [5.41, 5.74) is 1.29. The van der Waals surface area contributed by atoms with Crippen LogP contribution in [0.4, 0.5) is 0 Å². The Morgan fingerprint density at radius 3 is 2.92 bits per heavy atom. The number of hydrogen-bond acceptors (Lipinski definition) is 1. The summed E-state index contributed by atoms with van der Waals surface area (Å²) < 4.78 is 1.10. The van der Waals surface area contributed by atoms with Gasteiger partial charge in [0.15, 0.2) is 0 Å². The molecule has 0 heterocycles. The Morgan fingerprint density at radius 1 is 1.50 bits per heavy atom. The van der Waals surface area contributed by atoms with Gasteiger partial charge in [-0.2, -0.15) is 5.26 Å². The third-order valence-corrected chi connectivity index (χ3v) is 2.73. The van der Waals surface area contributed by atoms with Crippen LogP contribution < -0.4 is 0 Å². The molecule has 2 rings (SSSR count). The van der Waals surface area contributed by atoms with E-state index >= 15 is 0 Å². The van der Waals surface area contributed by atoms with Crippen molar-refractivity contribution >= 4 is 15.9 Å². The van der Waals surface area contributed by atoms with Gasteiger partial charge in [-0.15, -0.1) is 0 Å². The second-order valence-corrected chi connectivity index (χ2v) is 4.05. The van der Waals surface area contributed by atoms with Crippen molar-refractivity contribution in [1.82, 2.24) is 0 Å². The summed E-state index contributed by atoms with van der Waals surface area (Å²) in [5.74, 6) is 0.756. The molecule has 1 aromatic rings. The Kier molecular flexibility index (Phi) is 1.90. The van der Waals surface area contributed by atoms with Crippen LogP contribution in [0.15, 0.2) is 28.7 Å². The quantitative estimate of drug-likeness (QED) is 0.716. The molecule has 0 aromatic heterocycles. The van der Waals surface area contributed by atoms with Crippen LogP contribution in [0.2, 0.25) is 0 Å². The van der Waals surface area contributed by atoms with Crippen LogP contribution in [0, 0.1) is 17.2 Å². The van der Waals surface area contributed by atoms with Gasteiger partial charge in [-0.05, 0) is 24.1 Å². The van der Waals surface area contributed by atoms with E-state index in [0.29, 0.717) is 5.92 Å².